The lowest BCUT2D eigenvalue weighted by molar-refractivity contribution is 0.0518. The molecule has 2 N–H and O–H groups in total. The lowest BCUT2D eigenvalue weighted by Crippen LogP contribution is -2.40. The fourth-order valence-electron chi connectivity index (χ4n) is 1.79. The quantitative estimate of drug-likeness (QED) is 0.803. The molecular weight excluding hydrogens is 246 g/mol. The summed E-state index contributed by atoms with van der Waals surface area (Å²) in [6.45, 7) is 3.60. The van der Waals surface area contributed by atoms with Gasteiger partial charge in [-0.25, -0.2) is 0 Å². The van der Waals surface area contributed by atoms with Crippen LogP contribution in [0.4, 0.5) is 0 Å². The number of carbonyl (C=O) groups is 1. The van der Waals surface area contributed by atoms with Crippen LogP contribution in [-0.4, -0.2) is 53.4 Å². The topological polar surface area (TPSA) is 70.0 Å². The van der Waals surface area contributed by atoms with Crippen molar-refractivity contribution >= 4 is 5.91 Å². The van der Waals surface area contributed by atoms with Crippen molar-refractivity contribution in [3.63, 3.8) is 0 Å². The Morgan fingerprint density at radius 2 is 1.63 bits per heavy atom. The van der Waals surface area contributed by atoms with Crippen LogP contribution in [0.2, 0.25) is 0 Å². The standard InChI is InChI=1S/C14H21NO4/c1-10(16)8-15(9-11(2)17)14(18)12-4-6-13(19-3)7-5-12/h4-7,10-11,16-17H,8-9H2,1-3H3. The Morgan fingerprint density at radius 1 is 1.16 bits per heavy atom. The van der Waals surface area contributed by atoms with Crippen molar-refractivity contribution in [3.8, 4) is 5.75 Å². The van der Waals surface area contributed by atoms with Gasteiger partial charge in [0.15, 0.2) is 0 Å². The average molecular weight is 267 g/mol. The summed E-state index contributed by atoms with van der Waals surface area (Å²) in [5, 5.41) is 18.8. The van der Waals surface area contributed by atoms with Crippen LogP contribution in [0.15, 0.2) is 24.3 Å². The zero-order valence-electron chi connectivity index (χ0n) is 11.5. The molecule has 0 aliphatic rings. The van der Waals surface area contributed by atoms with Crippen molar-refractivity contribution in [1.82, 2.24) is 4.90 Å². The lowest BCUT2D eigenvalue weighted by atomic mass is 10.1. The van der Waals surface area contributed by atoms with Gasteiger partial charge in [-0.2, -0.15) is 0 Å². The minimum atomic E-state index is -0.638. The van der Waals surface area contributed by atoms with E-state index in [0.717, 1.165) is 0 Å². The maximum atomic E-state index is 12.3. The summed E-state index contributed by atoms with van der Waals surface area (Å²) >= 11 is 0. The van der Waals surface area contributed by atoms with E-state index in [1.54, 1.807) is 45.2 Å². The number of amides is 1. The molecule has 0 saturated heterocycles. The number of carbonyl (C=O) groups excluding carboxylic acids is 1. The third kappa shape index (κ3) is 4.89. The molecule has 0 spiro atoms. The van der Waals surface area contributed by atoms with Crippen LogP contribution in [-0.2, 0) is 0 Å². The Morgan fingerprint density at radius 3 is 2.00 bits per heavy atom. The predicted octanol–water partition coefficient (Wildman–Crippen LogP) is 0.899. The zero-order valence-corrected chi connectivity index (χ0v) is 11.5. The molecule has 1 rings (SSSR count). The highest BCUT2D eigenvalue weighted by Gasteiger charge is 2.19. The van der Waals surface area contributed by atoms with Crippen molar-refractivity contribution < 1.29 is 19.7 Å². The highest BCUT2D eigenvalue weighted by molar-refractivity contribution is 5.94. The molecule has 0 heterocycles. The first kappa shape index (κ1) is 15.5. The molecule has 1 amide bonds. The van der Waals surface area contributed by atoms with E-state index in [-0.39, 0.29) is 19.0 Å². The first-order valence-corrected chi connectivity index (χ1v) is 6.23. The van der Waals surface area contributed by atoms with Crippen molar-refractivity contribution in [2.24, 2.45) is 0 Å². The van der Waals surface area contributed by atoms with Gasteiger partial charge in [0.25, 0.3) is 5.91 Å². The van der Waals surface area contributed by atoms with Crippen LogP contribution in [0.25, 0.3) is 0 Å². The number of aliphatic hydroxyl groups is 2. The van der Waals surface area contributed by atoms with Crippen molar-refractivity contribution in [3.05, 3.63) is 29.8 Å². The Kier molecular flexibility index (Phi) is 5.79. The van der Waals surface area contributed by atoms with Crippen LogP contribution in [0.3, 0.4) is 0 Å². The van der Waals surface area contributed by atoms with E-state index in [4.69, 9.17) is 4.74 Å². The highest BCUT2D eigenvalue weighted by atomic mass is 16.5. The normalized spacial score (nSPS) is 13.7. The van der Waals surface area contributed by atoms with E-state index in [9.17, 15) is 15.0 Å². The number of hydrogen-bond acceptors (Lipinski definition) is 4. The summed E-state index contributed by atoms with van der Waals surface area (Å²) in [6.07, 6.45) is -1.28. The maximum Gasteiger partial charge on any atom is 0.254 e. The minimum absolute atomic E-state index is 0.190. The summed E-state index contributed by atoms with van der Waals surface area (Å²) < 4.78 is 5.03. The average Bonchev–Trinajstić information content (AvgIpc) is 2.36. The van der Waals surface area contributed by atoms with Gasteiger partial charge in [0, 0.05) is 18.7 Å². The Labute approximate surface area is 113 Å². The summed E-state index contributed by atoms with van der Waals surface area (Å²) in [5.41, 5.74) is 0.502. The molecule has 0 saturated carbocycles. The molecule has 0 fully saturated rings. The van der Waals surface area contributed by atoms with Gasteiger partial charge in [-0.1, -0.05) is 0 Å². The highest BCUT2D eigenvalue weighted by Crippen LogP contribution is 2.13. The number of aliphatic hydroxyl groups excluding tert-OH is 2. The second kappa shape index (κ2) is 7.11. The van der Waals surface area contributed by atoms with Gasteiger partial charge >= 0.3 is 0 Å². The second-order valence-electron chi connectivity index (χ2n) is 4.64. The van der Waals surface area contributed by atoms with Gasteiger partial charge in [-0.05, 0) is 38.1 Å². The van der Waals surface area contributed by atoms with Crippen LogP contribution in [0, 0.1) is 0 Å². The molecule has 5 heteroatoms. The molecule has 0 aliphatic carbocycles. The van der Waals surface area contributed by atoms with E-state index in [0.29, 0.717) is 11.3 Å². The summed E-state index contributed by atoms with van der Waals surface area (Å²) in [4.78, 5) is 13.7. The third-order valence-electron chi connectivity index (χ3n) is 2.59. The van der Waals surface area contributed by atoms with Gasteiger partial charge < -0.3 is 19.8 Å². The first-order valence-electron chi connectivity index (χ1n) is 6.23. The van der Waals surface area contributed by atoms with Crippen LogP contribution in [0.5, 0.6) is 5.75 Å². The molecule has 19 heavy (non-hydrogen) atoms. The van der Waals surface area contributed by atoms with Gasteiger partial charge in [-0.3, -0.25) is 4.79 Å². The fraction of sp³-hybridized carbons (Fsp3) is 0.500. The smallest absolute Gasteiger partial charge is 0.254 e. The fourth-order valence-corrected chi connectivity index (χ4v) is 1.79. The van der Waals surface area contributed by atoms with E-state index in [1.807, 2.05) is 0 Å². The molecule has 1 aromatic rings. The second-order valence-corrected chi connectivity index (χ2v) is 4.64. The van der Waals surface area contributed by atoms with Gasteiger partial charge in [0.05, 0.1) is 19.3 Å². The molecule has 2 unspecified atom stereocenters. The van der Waals surface area contributed by atoms with Crippen molar-refractivity contribution in [2.45, 2.75) is 26.1 Å². The number of rotatable bonds is 6. The third-order valence-corrected chi connectivity index (χ3v) is 2.59. The SMILES string of the molecule is COc1ccc(C(=O)N(CC(C)O)CC(C)O)cc1. The molecule has 0 bridgehead atoms. The number of nitrogens with zero attached hydrogens (tertiary/aromatic N) is 1. The van der Waals surface area contributed by atoms with Gasteiger partial charge in [0.2, 0.25) is 0 Å². The molecule has 1 aromatic carbocycles. The Bertz CT molecular complexity index is 390. The number of methoxy groups -OCH3 is 1. The molecular formula is C14H21NO4. The zero-order chi connectivity index (χ0) is 14.4. The molecule has 106 valence electrons. The Hall–Kier alpha value is -1.59. The maximum absolute atomic E-state index is 12.3. The molecule has 0 radical (unpaired) electrons. The summed E-state index contributed by atoms with van der Waals surface area (Å²) in [7, 11) is 1.56. The van der Waals surface area contributed by atoms with Crippen LogP contribution < -0.4 is 4.74 Å². The molecule has 0 aliphatic heterocycles. The monoisotopic (exact) mass is 267 g/mol. The van der Waals surface area contributed by atoms with Crippen LogP contribution in [0.1, 0.15) is 24.2 Å². The number of benzene rings is 1. The minimum Gasteiger partial charge on any atom is -0.497 e. The van der Waals surface area contributed by atoms with E-state index < -0.39 is 12.2 Å². The van der Waals surface area contributed by atoms with E-state index in [2.05, 4.69) is 0 Å². The van der Waals surface area contributed by atoms with Crippen molar-refractivity contribution in [2.75, 3.05) is 20.2 Å². The number of ether oxygens (including phenoxy) is 1. The van der Waals surface area contributed by atoms with E-state index in [1.165, 1.54) is 4.90 Å². The Balaban J connectivity index is 2.84. The van der Waals surface area contributed by atoms with Gasteiger partial charge in [0.1, 0.15) is 5.75 Å². The van der Waals surface area contributed by atoms with Crippen LogP contribution >= 0.6 is 0 Å². The molecule has 0 aromatic heterocycles. The summed E-state index contributed by atoms with van der Waals surface area (Å²) in [6, 6.07) is 6.74. The summed E-state index contributed by atoms with van der Waals surface area (Å²) in [5.74, 6) is 0.457. The molecule has 2 atom stereocenters. The molecule has 5 nitrogen and oxygen atoms in total. The largest absolute Gasteiger partial charge is 0.497 e. The lowest BCUT2D eigenvalue weighted by Gasteiger charge is -2.25. The van der Waals surface area contributed by atoms with E-state index >= 15 is 0 Å². The van der Waals surface area contributed by atoms with Crippen molar-refractivity contribution in [1.29, 1.82) is 0 Å². The number of hydrogen-bond donors (Lipinski definition) is 2. The predicted molar refractivity (Wildman–Crippen MR) is 72.3 cm³/mol. The first-order chi connectivity index (χ1) is 8.93. The van der Waals surface area contributed by atoms with Gasteiger partial charge in [-0.15, -0.1) is 0 Å².